The van der Waals surface area contributed by atoms with Crippen molar-refractivity contribution < 1.29 is 19.5 Å². The van der Waals surface area contributed by atoms with E-state index >= 15 is 0 Å². The maximum absolute atomic E-state index is 10.8. The molecular weight excluding hydrogens is 452 g/mol. The predicted octanol–water partition coefficient (Wildman–Crippen LogP) is 6.26. The van der Waals surface area contributed by atoms with Gasteiger partial charge in [0.1, 0.15) is 22.9 Å². The van der Waals surface area contributed by atoms with Crippen molar-refractivity contribution in [3.63, 3.8) is 0 Å². The summed E-state index contributed by atoms with van der Waals surface area (Å²) in [5.74, 6) is 0.826. The molecule has 0 aliphatic carbocycles. The lowest BCUT2D eigenvalue weighted by molar-refractivity contribution is -0.384. The van der Waals surface area contributed by atoms with Crippen LogP contribution in [-0.2, 0) is 0 Å². The molecule has 0 unspecified atom stereocenters. The highest BCUT2D eigenvalue weighted by molar-refractivity contribution is 5.66. The van der Waals surface area contributed by atoms with E-state index in [1.807, 2.05) is 31.2 Å². The first-order chi connectivity index (χ1) is 17.0. The van der Waals surface area contributed by atoms with Crippen molar-refractivity contribution in [3.05, 3.63) is 70.8 Å². The monoisotopic (exact) mass is 478 g/mol. The zero-order chi connectivity index (χ0) is 25.2. The van der Waals surface area contributed by atoms with E-state index in [-0.39, 0.29) is 12.3 Å². The zero-order valence-electron chi connectivity index (χ0n) is 19.7. The molecule has 0 aromatic heterocycles. The number of hydrogen-bond acceptors (Lipinski definition) is 10. The number of benzene rings is 3. The Labute approximate surface area is 202 Å². The van der Waals surface area contributed by atoms with Gasteiger partial charge in [-0.1, -0.05) is 0 Å². The first kappa shape index (κ1) is 25.2. The Hall–Kier alpha value is -4.38. The van der Waals surface area contributed by atoms with Gasteiger partial charge >= 0.3 is 0 Å². The SMILES string of the molecule is CCN(CCO)c1ccc(/N=N/c2cc(OC)c(/N=N/c3ccc([N+](=O)[O-])cc3)cc2OC)cc1. The Bertz CT molecular complexity index is 1200. The lowest BCUT2D eigenvalue weighted by atomic mass is 10.2. The highest BCUT2D eigenvalue weighted by Crippen LogP contribution is 2.41. The molecule has 0 aliphatic rings. The van der Waals surface area contributed by atoms with Crippen LogP contribution in [0.5, 0.6) is 11.5 Å². The Balaban J connectivity index is 1.82. The number of anilines is 1. The second-order valence-corrected chi connectivity index (χ2v) is 7.19. The van der Waals surface area contributed by atoms with E-state index in [1.165, 1.54) is 38.5 Å². The number of nitrogens with zero attached hydrogens (tertiary/aromatic N) is 6. The van der Waals surface area contributed by atoms with Gasteiger partial charge in [-0.05, 0) is 43.3 Å². The van der Waals surface area contributed by atoms with E-state index in [0.717, 1.165) is 12.2 Å². The van der Waals surface area contributed by atoms with E-state index in [0.29, 0.717) is 40.8 Å². The molecule has 0 amide bonds. The van der Waals surface area contributed by atoms with Gasteiger partial charge < -0.3 is 19.5 Å². The Morgan fingerprint density at radius 1 is 0.857 bits per heavy atom. The summed E-state index contributed by atoms with van der Waals surface area (Å²) in [6.45, 7) is 3.45. The lowest BCUT2D eigenvalue weighted by Crippen LogP contribution is -2.25. The molecular formula is C24H26N6O5. The molecule has 0 radical (unpaired) electrons. The minimum atomic E-state index is -0.479. The molecule has 1 N–H and O–H groups in total. The Morgan fingerprint density at radius 2 is 1.34 bits per heavy atom. The smallest absolute Gasteiger partial charge is 0.269 e. The summed E-state index contributed by atoms with van der Waals surface area (Å²) in [6.07, 6.45) is 0. The Morgan fingerprint density at radius 3 is 1.74 bits per heavy atom. The molecule has 0 bridgehead atoms. The standard InChI is InChI=1S/C24H26N6O5/c1-4-29(13-14-31)19-9-5-17(6-10-19)25-27-21-15-24(35-3)22(16-23(21)34-2)28-26-18-7-11-20(12-8-18)30(32)33/h5-12,15-16,31H,4,13-14H2,1-3H3/b27-25+,28-26+. The van der Waals surface area contributed by atoms with Crippen molar-refractivity contribution in [2.45, 2.75) is 6.92 Å². The van der Waals surface area contributed by atoms with Crippen LogP contribution < -0.4 is 14.4 Å². The molecule has 3 rings (SSSR count). The van der Waals surface area contributed by atoms with E-state index < -0.39 is 4.92 Å². The van der Waals surface area contributed by atoms with Crippen molar-refractivity contribution in [1.29, 1.82) is 0 Å². The molecule has 3 aromatic rings. The number of aliphatic hydroxyl groups excluding tert-OH is 1. The second-order valence-electron chi connectivity index (χ2n) is 7.19. The summed E-state index contributed by atoms with van der Waals surface area (Å²) in [4.78, 5) is 12.4. The summed E-state index contributed by atoms with van der Waals surface area (Å²) in [5, 5.41) is 36.9. The van der Waals surface area contributed by atoms with Crippen LogP contribution in [0.3, 0.4) is 0 Å². The van der Waals surface area contributed by atoms with Crippen molar-refractivity contribution in [2.24, 2.45) is 20.5 Å². The van der Waals surface area contributed by atoms with E-state index in [9.17, 15) is 15.2 Å². The fourth-order valence-corrected chi connectivity index (χ4v) is 3.21. The van der Waals surface area contributed by atoms with E-state index in [1.54, 1.807) is 12.1 Å². The number of non-ortho nitro benzene ring substituents is 1. The maximum Gasteiger partial charge on any atom is 0.269 e. The van der Waals surface area contributed by atoms with Gasteiger partial charge in [0.2, 0.25) is 0 Å². The van der Waals surface area contributed by atoms with Crippen molar-refractivity contribution in [1.82, 2.24) is 0 Å². The van der Waals surface area contributed by atoms with E-state index in [2.05, 4.69) is 25.4 Å². The van der Waals surface area contributed by atoms with Gasteiger partial charge in [0, 0.05) is 43.0 Å². The van der Waals surface area contributed by atoms with Crippen LogP contribution in [0.15, 0.2) is 81.1 Å². The number of likely N-dealkylation sites (N-methyl/N-ethyl adjacent to an activating group) is 1. The minimum Gasteiger partial charge on any atom is -0.494 e. The molecule has 182 valence electrons. The Kier molecular flexibility index (Phi) is 8.79. The van der Waals surface area contributed by atoms with Gasteiger partial charge in [-0.3, -0.25) is 10.1 Å². The highest BCUT2D eigenvalue weighted by atomic mass is 16.6. The summed E-state index contributed by atoms with van der Waals surface area (Å²) in [6, 6.07) is 16.5. The van der Waals surface area contributed by atoms with Crippen LogP contribution in [0.1, 0.15) is 6.92 Å². The first-order valence-corrected chi connectivity index (χ1v) is 10.8. The van der Waals surface area contributed by atoms with Gasteiger partial charge in [0.25, 0.3) is 5.69 Å². The van der Waals surface area contributed by atoms with Crippen LogP contribution in [0.2, 0.25) is 0 Å². The quantitative estimate of drug-likeness (QED) is 0.196. The molecule has 3 aromatic carbocycles. The topological polar surface area (TPSA) is 135 Å². The highest BCUT2D eigenvalue weighted by Gasteiger charge is 2.12. The molecule has 0 atom stereocenters. The van der Waals surface area contributed by atoms with Crippen molar-refractivity contribution in [3.8, 4) is 11.5 Å². The third-order valence-corrected chi connectivity index (χ3v) is 5.05. The van der Waals surface area contributed by atoms with Crippen LogP contribution in [0.4, 0.5) is 34.1 Å². The molecule has 0 aliphatic heterocycles. The third kappa shape index (κ3) is 6.58. The van der Waals surface area contributed by atoms with Crippen LogP contribution in [-0.4, -0.2) is 43.9 Å². The molecule has 0 heterocycles. The normalized spacial score (nSPS) is 11.2. The van der Waals surface area contributed by atoms with Gasteiger partial charge in [0.05, 0.1) is 37.1 Å². The fourth-order valence-electron chi connectivity index (χ4n) is 3.21. The molecule has 11 heteroatoms. The first-order valence-electron chi connectivity index (χ1n) is 10.8. The zero-order valence-corrected chi connectivity index (χ0v) is 19.7. The van der Waals surface area contributed by atoms with Gasteiger partial charge in [-0.2, -0.15) is 10.2 Å². The summed E-state index contributed by atoms with van der Waals surface area (Å²) < 4.78 is 10.9. The second kappa shape index (κ2) is 12.2. The summed E-state index contributed by atoms with van der Waals surface area (Å²) in [5.41, 5.74) is 2.90. The minimum absolute atomic E-state index is 0.0274. The average Bonchev–Trinajstić information content (AvgIpc) is 2.89. The number of hydrogen-bond donors (Lipinski definition) is 1. The summed E-state index contributed by atoms with van der Waals surface area (Å²) in [7, 11) is 3.01. The number of nitro benzene ring substituents is 1. The van der Waals surface area contributed by atoms with Crippen molar-refractivity contribution in [2.75, 3.05) is 38.8 Å². The molecule has 0 saturated carbocycles. The number of ether oxygens (including phenoxy) is 2. The van der Waals surface area contributed by atoms with Gasteiger partial charge in [-0.25, -0.2) is 0 Å². The van der Waals surface area contributed by atoms with Gasteiger partial charge in [-0.15, -0.1) is 10.2 Å². The maximum atomic E-state index is 10.8. The molecule has 0 fully saturated rings. The molecule has 11 nitrogen and oxygen atoms in total. The van der Waals surface area contributed by atoms with E-state index in [4.69, 9.17) is 9.47 Å². The van der Waals surface area contributed by atoms with Crippen molar-refractivity contribution >= 4 is 34.1 Å². The fraction of sp³-hybridized carbons (Fsp3) is 0.250. The summed E-state index contributed by atoms with van der Waals surface area (Å²) >= 11 is 0. The molecule has 0 saturated heterocycles. The number of nitro groups is 1. The number of aliphatic hydroxyl groups is 1. The van der Waals surface area contributed by atoms with Gasteiger partial charge in [0.15, 0.2) is 0 Å². The lowest BCUT2D eigenvalue weighted by Gasteiger charge is -2.21. The number of azo groups is 2. The van der Waals surface area contributed by atoms with Crippen LogP contribution in [0, 0.1) is 10.1 Å². The number of methoxy groups -OCH3 is 2. The third-order valence-electron chi connectivity index (χ3n) is 5.05. The number of rotatable bonds is 11. The average molecular weight is 479 g/mol. The van der Waals surface area contributed by atoms with Crippen LogP contribution >= 0.6 is 0 Å². The molecule has 35 heavy (non-hydrogen) atoms. The largest absolute Gasteiger partial charge is 0.494 e. The molecule has 0 spiro atoms. The predicted molar refractivity (Wildman–Crippen MR) is 132 cm³/mol. The van der Waals surface area contributed by atoms with Crippen LogP contribution in [0.25, 0.3) is 0 Å².